The Morgan fingerprint density at radius 3 is 2.38 bits per heavy atom. The molecular weight excluding hydrogens is 424 g/mol. The van der Waals surface area contributed by atoms with Crippen LogP contribution in [0.25, 0.3) is 0 Å². The number of benzene rings is 2. The molecule has 2 aromatic rings. The minimum Gasteiger partial charge on any atom is -0.507 e. The number of aliphatic hydroxyl groups excluding tert-OH is 3. The summed E-state index contributed by atoms with van der Waals surface area (Å²) < 4.78 is 10.9. The molecule has 2 aromatic carbocycles. The second-order valence-corrected chi connectivity index (χ2v) is 7.89. The third-order valence-electron chi connectivity index (χ3n) is 5.98. The first kappa shape index (κ1) is 22.2. The Balaban J connectivity index is 1.65. The van der Waals surface area contributed by atoms with Crippen LogP contribution in [0.3, 0.4) is 0 Å². The number of aromatic hydroxyl groups is 3. The maximum Gasteiger partial charge on any atom is 0.202 e. The zero-order valence-electron chi connectivity index (χ0n) is 16.9. The van der Waals surface area contributed by atoms with Crippen LogP contribution in [0.1, 0.15) is 44.3 Å². The van der Waals surface area contributed by atoms with Crippen molar-refractivity contribution in [3.05, 3.63) is 52.1 Å². The number of carbonyl (C=O) groups excluding carboxylic acids is 2. The number of phenols is 3. The van der Waals surface area contributed by atoms with E-state index in [0.717, 1.165) is 0 Å². The zero-order valence-corrected chi connectivity index (χ0v) is 16.9. The van der Waals surface area contributed by atoms with Crippen molar-refractivity contribution < 1.29 is 49.7 Å². The number of ether oxygens (including phenoxy) is 2. The van der Waals surface area contributed by atoms with Crippen LogP contribution < -0.4 is 0 Å². The Morgan fingerprint density at radius 1 is 0.969 bits per heavy atom. The lowest BCUT2D eigenvalue weighted by Crippen LogP contribution is -2.55. The molecule has 5 atom stereocenters. The van der Waals surface area contributed by atoms with Gasteiger partial charge in [-0.15, -0.1) is 0 Å². The van der Waals surface area contributed by atoms with Gasteiger partial charge in [-0.3, -0.25) is 9.59 Å². The quantitative estimate of drug-likeness (QED) is 0.303. The predicted molar refractivity (Wildman–Crippen MR) is 106 cm³/mol. The summed E-state index contributed by atoms with van der Waals surface area (Å²) in [7, 11) is 0. The van der Waals surface area contributed by atoms with Gasteiger partial charge in [0.2, 0.25) is 5.78 Å². The second kappa shape index (κ2) is 8.15. The molecule has 2 aliphatic rings. The van der Waals surface area contributed by atoms with E-state index in [4.69, 9.17) is 9.47 Å². The highest BCUT2D eigenvalue weighted by Gasteiger charge is 2.43. The van der Waals surface area contributed by atoms with E-state index in [2.05, 4.69) is 0 Å². The molecule has 4 rings (SSSR count). The largest absolute Gasteiger partial charge is 0.507 e. The number of phenolic OH excluding ortho intramolecular Hbond substituents is 3. The summed E-state index contributed by atoms with van der Waals surface area (Å²) in [6.07, 6.45) is -4.84. The van der Waals surface area contributed by atoms with Gasteiger partial charge in [0, 0.05) is 22.6 Å². The van der Waals surface area contributed by atoms with E-state index in [1.54, 1.807) is 6.92 Å². The number of ketones is 2. The molecule has 0 bridgehead atoms. The summed E-state index contributed by atoms with van der Waals surface area (Å²) in [6.45, 7) is 0.719. The van der Waals surface area contributed by atoms with Crippen LogP contribution in [0.15, 0.2) is 24.3 Å². The third-order valence-corrected chi connectivity index (χ3v) is 5.98. The van der Waals surface area contributed by atoms with E-state index < -0.39 is 78.1 Å². The Hall–Kier alpha value is -3.02. The van der Waals surface area contributed by atoms with Crippen molar-refractivity contribution >= 4 is 11.6 Å². The van der Waals surface area contributed by atoms with E-state index in [-0.39, 0.29) is 22.3 Å². The first-order valence-corrected chi connectivity index (χ1v) is 9.90. The molecule has 1 heterocycles. The molecule has 1 aliphatic carbocycles. The first-order valence-electron chi connectivity index (χ1n) is 9.90. The Bertz CT molecular complexity index is 1090. The average molecular weight is 446 g/mol. The average Bonchev–Trinajstić information content (AvgIpc) is 2.77. The summed E-state index contributed by atoms with van der Waals surface area (Å²) in [5.41, 5.74) is -1.01. The van der Waals surface area contributed by atoms with E-state index in [0.29, 0.717) is 0 Å². The van der Waals surface area contributed by atoms with Crippen LogP contribution in [-0.2, 0) is 16.1 Å². The highest BCUT2D eigenvalue weighted by Crippen LogP contribution is 2.42. The fourth-order valence-electron chi connectivity index (χ4n) is 4.06. The molecule has 170 valence electrons. The van der Waals surface area contributed by atoms with Crippen LogP contribution in [-0.4, -0.2) is 73.4 Å². The molecule has 1 aliphatic heterocycles. The summed E-state index contributed by atoms with van der Waals surface area (Å²) in [6, 6.07) is 5.18. The van der Waals surface area contributed by atoms with Crippen molar-refractivity contribution in [1.29, 1.82) is 0 Å². The smallest absolute Gasteiger partial charge is 0.202 e. The van der Waals surface area contributed by atoms with Crippen molar-refractivity contribution in [2.24, 2.45) is 5.92 Å². The van der Waals surface area contributed by atoms with Gasteiger partial charge in [-0.05, 0) is 12.1 Å². The first-order chi connectivity index (χ1) is 15.2. The molecule has 0 amide bonds. The zero-order chi connectivity index (χ0) is 23.3. The second-order valence-electron chi connectivity index (χ2n) is 7.89. The molecule has 0 aromatic heterocycles. The molecule has 10 nitrogen and oxygen atoms in total. The van der Waals surface area contributed by atoms with Gasteiger partial charge in [-0.25, -0.2) is 0 Å². The van der Waals surface area contributed by atoms with Crippen molar-refractivity contribution in [2.45, 2.75) is 38.1 Å². The lowest BCUT2D eigenvalue weighted by molar-refractivity contribution is -0.291. The minimum absolute atomic E-state index is 0.0478. The maximum atomic E-state index is 12.9. The van der Waals surface area contributed by atoms with Gasteiger partial charge in [0.1, 0.15) is 11.9 Å². The molecule has 10 heteroatoms. The third kappa shape index (κ3) is 3.33. The molecule has 1 saturated heterocycles. The normalized spacial score (nSPS) is 27.2. The molecular formula is C22H22O10. The minimum atomic E-state index is -1.45. The van der Waals surface area contributed by atoms with E-state index in [1.165, 1.54) is 24.3 Å². The summed E-state index contributed by atoms with van der Waals surface area (Å²) in [5, 5.41) is 60.6. The van der Waals surface area contributed by atoms with Gasteiger partial charge in [-0.2, -0.15) is 0 Å². The summed E-state index contributed by atoms with van der Waals surface area (Å²) >= 11 is 0. The van der Waals surface area contributed by atoms with Crippen LogP contribution >= 0.6 is 0 Å². The van der Waals surface area contributed by atoms with Gasteiger partial charge in [-0.1, -0.05) is 19.1 Å². The highest BCUT2D eigenvalue weighted by molar-refractivity contribution is 6.30. The number of fused-ring (bicyclic) bond motifs is 2. The van der Waals surface area contributed by atoms with Gasteiger partial charge in [0.05, 0.1) is 36.5 Å². The van der Waals surface area contributed by atoms with E-state index >= 15 is 0 Å². The molecule has 0 radical (unpaired) electrons. The van der Waals surface area contributed by atoms with Crippen LogP contribution in [0.4, 0.5) is 0 Å². The van der Waals surface area contributed by atoms with E-state index in [1.807, 2.05) is 0 Å². The Kier molecular flexibility index (Phi) is 5.65. The molecule has 32 heavy (non-hydrogen) atoms. The van der Waals surface area contributed by atoms with Crippen molar-refractivity contribution in [3.8, 4) is 17.2 Å². The molecule has 6 N–H and O–H groups in total. The van der Waals surface area contributed by atoms with E-state index in [9.17, 15) is 40.2 Å². The lowest BCUT2D eigenvalue weighted by Gasteiger charge is -2.40. The van der Waals surface area contributed by atoms with Crippen LogP contribution in [0, 0.1) is 5.92 Å². The van der Waals surface area contributed by atoms with Crippen molar-refractivity contribution in [2.75, 3.05) is 6.61 Å². The van der Waals surface area contributed by atoms with Crippen LogP contribution in [0.2, 0.25) is 0 Å². The predicted octanol–water partition coefficient (Wildman–Crippen LogP) is 0.170. The summed E-state index contributed by atoms with van der Waals surface area (Å²) in [4.78, 5) is 25.7. The molecule has 0 spiro atoms. The summed E-state index contributed by atoms with van der Waals surface area (Å²) in [5.74, 6) is -4.01. The van der Waals surface area contributed by atoms with Gasteiger partial charge in [0.25, 0.3) is 0 Å². The molecule has 2 unspecified atom stereocenters. The number of hydrogen-bond acceptors (Lipinski definition) is 10. The lowest BCUT2D eigenvalue weighted by atomic mass is 9.82. The highest BCUT2D eigenvalue weighted by atomic mass is 16.7. The van der Waals surface area contributed by atoms with Gasteiger partial charge in [0.15, 0.2) is 23.6 Å². The molecule has 0 saturated carbocycles. The number of hydrogen-bond donors (Lipinski definition) is 6. The monoisotopic (exact) mass is 446 g/mol. The number of carbonyl (C=O) groups is 2. The van der Waals surface area contributed by atoms with Crippen LogP contribution in [0.5, 0.6) is 17.2 Å². The van der Waals surface area contributed by atoms with Gasteiger partial charge >= 0.3 is 0 Å². The fraction of sp³-hybridized carbons (Fsp3) is 0.364. The standard InChI is InChI=1S/C22H22O10/c1-8-13(6-23)32-22(21(30)16(8)25)31-7-9-5-11-15(20(29)17(9)26)19(28)14-10(18(11)27)3-2-4-12(14)24/h2-5,8,13,16,21-26,29-30H,6-7H2,1H3/t8-,13?,16?,21+,22-/m0/s1. The topological polar surface area (TPSA) is 174 Å². The Labute approximate surface area is 181 Å². The number of aliphatic hydroxyl groups is 3. The Morgan fingerprint density at radius 2 is 1.69 bits per heavy atom. The fourth-order valence-corrected chi connectivity index (χ4v) is 4.06. The SMILES string of the molecule is C[C@H]1C(CO)O[C@H](OCc2cc3c(c(O)c2O)C(=O)c2c(O)cccc2C3=O)[C@H](O)C1O. The van der Waals surface area contributed by atoms with Crippen molar-refractivity contribution in [3.63, 3.8) is 0 Å². The molecule has 1 fully saturated rings. The number of rotatable bonds is 4. The van der Waals surface area contributed by atoms with Gasteiger partial charge < -0.3 is 40.1 Å². The van der Waals surface area contributed by atoms with Crippen molar-refractivity contribution in [1.82, 2.24) is 0 Å². The maximum absolute atomic E-state index is 12.9.